The summed E-state index contributed by atoms with van der Waals surface area (Å²) in [6.45, 7) is 10.9. The van der Waals surface area contributed by atoms with E-state index >= 15 is 0 Å². The van der Waals surface area contributed by atoms with Gasteiger partial charge in [0.15, 0.2) is 0 Å². The van der Waals surface area contributed by atoms with Crippen LogP contribution in [0.1, 0.15) is 50.9 Å². The van der Waals surface area contributed by atoms with Crippen molar-refractivity contribution in [2.45, 2.75) is 59.2 Å². The fourth-order valence-electron chi connectivity index (χ4n) is 3.30. The van der Waals surface area contributed by atoms with Crippen LogP contribution in [-0.2, 0) is 19.5 Å². The van der Waals surface area contributed by atoms with E-state index in [9.17, 15) is 0 Å². The molecular formula is C19H26N2. The van der Waals surface area contributed by atoms with Crippen LogP contribution in [0.2, 0.25) is 0 Å². The molecule has 0 spiro atoms. The minimum absolute atomic E-state index is 0.144. The highest BCUT2D eigenvalue weighted by Gasteiger charge is 2.19. The quantitative estimate of drug-likeness (QED) is 0.876. The third-order valence-corrected chi connectivity index (χ3v) is 4.28. The van der Waals surface area contributed by atoms with Crippen LogP contribution >= 0.6 is 0 Å². The Morgan fingerprint density at radius 1 is 1.24 bits per heavy atom. The van der Waals surface area contributed by atoms with E-state index in [0.29, 0.717) is 0 Å². The van der Waals surface area contributed by atoms with Gasteiger partial charge in [0.2, 0.25) is 0 Å². The van der Waals surface area contributed by atoms with Gasteiger partial charge in [-0.25, -0.2) is 0 Å². The molecule has 21 heavy (non-hydrogen) atoms. The normalized spacial score (nSPS) is 14.7. The molecule has 0 fully saturated rings. The van der Waals surface area contributed by atoms with E-state index < -0.39 is 0 Å². The van der Waals surface area contributed by atoms with Crippen LogP contribution in [0.4, 0.5) is 0 Å². The third-order valence-electron chi connectivity index (χ3n) is 4.28. The van der Waals surface area contributed by atoms with Gasteiger partial charge in [-0.1, -0.05) is 24.3 Å². The summed E-state index contributed by atoms with van der Waals surface area (Å²) in [7, 11) is 0. The van der Waals surface area contributed by atoms with Crippen molar-refractivity contribution in [1.29, 1.82) is 0 Å². The Bertz CT molecular complexity index is 684. The Kier molecular flexibility index (Phi) is 3.66. The zero-order valence-electron chi connectivity index (χ0n) is 13.7. The molecular weight excluding hydrogens is 256 g/mol. The number of benzene rings is 1. The first-order valence-corrected chi connectivity index (χ1v) is 8.06. The zero-order valence-corrected chi connectivity index (χ0v) is 13.7. The molecule has 0 saturated carbocycles. The van der Waals surface area contributed by atoms with Crippen molar-refractivity contribution < 1.29 is 0 Å². The molecule has 0 atom stereocenters. The van der Waals surface area contributed by atoms with E-state index in [2.05, 4.69) is 67.9 Å². The van der Waals surface area contributed by atoms with Gasteiger partial charge in [0.1, 0.15) is 0 Å². The van der Waals surface area contributed by atoms with Crippen molar-refractivity contribution >= 4 is 17.0 Å². The molecule has 1 N–H and O–H groups in total. The monoisotopic (exact) mass is 282 g/mol. The van der Waals surface area contributed by atoms with Crippen LogP contribution in [0.5, 0.6) is 0 Å². The lowest BCUT2D eigenvalue weighted by atomic mass is 9.98. The molecule has 0 radical (unpaired) electrons. The van der Waals surface area contributed by atoms with Gasteiger partial charge in [-0.05, 0) is 52.2 Å². The van der Waals surface area contributed by atoms with E-state index in [-0.39, 0.29) is 5.54 Å². The van der Waals surface area contributed by atoms with Crippen molar-refractivity contribution in [3.05, 3.63) is 41.1 Å². The molecule has 2 aromatic rings. The number of nitrogens with one attached hydrogen (secondary N) is 1. The lowest BCUT2D eigenvalue weighted by Crippen LogP contribution is -2.35. The number of aryl methyl sites for hydroxylation is 1. The Morgan fingerprint density at radius 3 is 2.76 bits per heavy atom. The fourth-order valence-corrected chi connectivity index (χ4v) is 3.30. The van der Waals surface area contributed by atoms with Gasteiger partial charge < -0.3 is 9.88 Å². The predicted octanol–water partition coefficient (Wildman–Crippen LogP) is 4.51. The first-order valence-electron chi connectivity index (χ1n) is 8.06. The Hall–Kier alpha value is -1.54. The lowest BCUT2D eigenvalue weighted by molar-refractivity contribution is 0.425. The molecule has 112 valence electrons. The highest BCUT2D eigenvalue weighted by molar-refractivity contribution is 5.94. The van der Waals surface area contributed by atoms with Crippen molar-refractivity contribution in [3.63, 3.8) is 0 Å². The van der Waals surface area contributed by atoms with E-state index in [4.69, 9.17) is 0 Å². The largest absolute Gasteiger partial charge is 0.344 e. The standard InChI is InChI=1S/C19H26N2/c1-5-21-16-11-7-6-10-15(16)18-14(9-8-12-17(18)21)13-20-19(2,3)4/h6,8-10,12,20H,5,7,11,13H2,1-4H3. The lowest BCUT2D eigenvalue weighted by Gasteiger charge is -2.21. The van der Waals surface area contributed by atoms with Gasteiger partial charge in [-0.15, -0.1) is 0 Å². The average molecular weight is 282 g/mol. The summed E-state index contributed by atoms with van der Waals surface area (Å²) in [5.41, 5.74) is 5.91. The van der Waals surface area contributed by atoms with Crippen molar-refractivity contribution in [1.82, 2.24) is 9.88 Å². The van der Waals surface area contributed by atoms with Gasteiger partial charge in [0.25, 0.3) is 0 Å². The molecule has 1 aromatic heterocycles. The SMILES string of the molecule is CCn1c2c(c3c(CNC(C)(C)C)cccc31)C=CCC2. The van der Waals surface area contributed by atoms with Gasteiger partial charge in [-0.3, -0.25) is 0 Å². The van der Waals surface area contributed by atoms with Crippen molar-refractivity contribution in [3.8, 4) is 0 Å². The van der Waals surface area contributed by atoms with Gasteiger partial charge >= 0.3 is 0 Å². The highest BCUT2D eigenvalue weighted by atomic mass is 15.0. The van der Waals surface area contributed by atoms with Crippen LogP contribution in [0, 0.1) is 0 Å². The molecule has 0 bridgehead atoms. The molecule has 1 heterocycles. The van der Waals surface area contributed by atoms with Crippen LogP contribution in [-0.4, -0.2) is 10.1 Å². The van der Waals surface area contributed by atoms with Crippen LogP contribution < -0.4 is 5.32 Å². The maximum Gasteiger partial charge on any atom is 0.0491 e. The minimum Gasteiger partial charge on any atom is -0.344 e. The molecule has 2 nitrogen and oxygen atoms in total. The molecule has 3 rings (SSSR count). The second-order valence-electron chi connectivity index (χ2n) is 6.96. The summed E-state index contributed by atoms with van der Waals surface area (Å²) < 4.78 is 2.49. The second-order valence-corrected chi connectivity index (χ2v) is 6.96. The predicted molar refractivity (Wildman–Crippen MR) is 91.6 cm³/mol. The van der Waals surface area contributed by atoms with Crippen LogP contribution in [0.15, 0.2) is 24.3 Å². The van der Waals surface area contributed by atoms with Crippen molar-refractivity contribution in [2.24, 2.45) is 0 Å². The average Bonchev–Trinajstić information content (AvgIpc) is 2.78. The maximum atomic E-state index is 3.63. The molecule has 1 aliphatic rings. The van der Waals surface area contributed by atoms with Crippen LogP contribution in [0.3, 0.4) is 0 Å². The number of fused-ring (bicyclic) bond motifs is 3. The fraction of sp³-hybridized carbons (Fsp3) is 0.474. The number of aromatic nitrogens is 1. The van der Waals surface area contributed by atoms with E-state index in [1.165, 1.54) is 40.6 Å². The Morgan fingerprint density at radius 2 is 2.05 bits per heavy atom. The summed E-state index contributed by atoms with van der Waals surface area (Å²) in [6.07, 6.45) is 6.98. The topological polar surface area (TPSA) is 17.0 Å². The number of hydrogen-bond acceptors (Lipinski definition) is 1. The summed E-state index contributed by atoms with van der Waals surface area (Å²) in [5.74, 6) is 0. The first kappa shape index (κ1) is 14.4. The summed E-state index contributed by atoms with van der Waals surface area (Å²) in [6, 6.07) is 6.73. The second kappa shape index (κ2) is 5.34. The number of rotatable bonds is 3. The maximum absolute atomic E-state index is 3.63. The van der Waals surface area contributed by atoms with E-state index in [1.54, 1.807) is 0 Å². The summed E-state index contributed by atoms with van der Waals surface area (Å²) >= 11 is 0. The molecule has 0 saturated heterocycles. The van der Waals surface area contributed by atoms with Crippen molar-refractivity contribution in [2.75, 3.05) is 0 Å². The van der Waals surface area contributed by atoms with Gasteiger partial charge in [0, 0.05) is 40.8 Å². The molecule has 0 unspecified atom stereocenters. The Labute approximate surface area is 127 Å². The minimum atomic E-state index is 0.144. The number of hydrogen-bond donors (Lipinski definition) is 1. The first-order chi connectivity index (χ1) is 10.0. The molecule has 0 aliphatic heterocycles. The number of nitrogens with zero attached hydrogens (tertiary/aromatic N) is 1. The Balaban J connectivity index is 2.14. The molecule has 1 aliphatic carbocycles. The molecule has 0 amide bonds. The van der Waals surface area contributed by atoms with E-state index in [0.717, 1.165) is 13.1 Å². The molecule has 1 aromatic carbocycles. The zero-order chi connectivity index (χ0) is 15.0. The highest BCUT2D eigenvalue weighted by Crippen LogP contribution is 2.33. The number of allylic oxidation sites excluding steroid dienone is 1. The summed E-state index contributed by atoms with van der Waals surface area (Å²) in [4.78, 5) is 0. The van der Waals surface area contributed by atoms with E-state index in [1.807, 2.05) is 0 Å². The van der Waals surface area contributed by atoms with Gasteiger partial charge in [-0.2, -0.15) is 0 Å². The smallest absolute Gasteiger partial charge is 0.0491 e. The van der Waals surface area contributed by atoms with Gasteiger partial charge in [0.05, 0.1) is 0 Å². The third kappa shape index (κ3) is 2.65. The molecule has 2 heteroatoms. The van der Waals surface area contributed by atoms with Crippen LogP contribution in [0.25, 0.3) is 17.0 Å². The summed E-state index contributed by atoms with van der Waals surface area (Å²) in [5, 5.41) is 5.08.